The monoisotopic (exact) mass is 311 g/mol. The first-order valence-corrected chi connectivity index (χ1v) is 7.44. The zero-order valence-electron chi connectivity index (χ0n) is 11.4. The van der Waals surface area contributed by atoms with Crippen molar-refractivity contribution in [2.45, 2.75) is 46.5 Å². The Labute approximate surface area is 118 Å². The number of halogens is 1. The van der Waals surface area contributed by atoms with Crippen molar-refractivity contribution in [2.75, 3.05) is 5.32 Å². The first-order chi connectivity index (χ1) is 8.58. The van der Waals surface area contributed by atoms with Gasteiger partial charge in [-0.2, -0.15) is 0 Å². The van der Waals surface area contributed by atoms with Crippen LogP contribution in [0.4, 0.5) is 5.69 Å². The molecular formula is C15H22BrNO. The molecule has 1 aromatic rings. The molecule has 0 heterocycles. The summed E-state index contributed by atoms with van der Waals surface area (Å²) < 4.78 is 1.04. The number of rotatable bonds is 6. The van der Waals surface area contributed by atoms with E-state index in [1.807, 2.05) is 25.1 Å². The number of anilines is 1. The molecule has 1 aromatic carbocycles. The number of unbranched alkanes of at least 4 members (excludes halogenated alkanes) is 1. The van der Waals surface area contributed by atoms with Crippen LogP contribution in [0.1, 0.15) is 45.1 Å². The lowest BCUT2D eigenvalue weighted by Crippen LogP contribution is -2.22. The Kier molecular flexibility index (Phi) is 6.41. The third-order valence-corrected chi connectivity index (χ3v) is 3.71. The maximum Gasteiger partial charge on any atom is 0.227 e. The minimum atomic E-state index is 0.132. The number of amides is 1. The molecule has 0 aliphatic heterocycles. The highest BCUT2D eigenvalue weighted by Gasteiger charge is 2.16. The van der Waals surface area contributed by atoms with Crippen LogP contribution in [0.15, 0.2) is 22.7 Å². The molecule has 0 saturated heterocycles. The number of carbonyl (C=O) groups excluding carboxylic acids is 1. The molecule has 1 amide bonds. The van der Waals surface area contributed by atoms with Crippen molar-refractivity contribution >= 4 is 27.5 Å². The number of carbonyl (C=O) groups is 1. The van der Waals surface area contributed by atoms with Crippen molar-refractivity contribution in [3.8, 4) is 0 Å². The average Bonchev–Trinajstić information content (AvgIpc) is 2.34. The van der Waals surface area contributed by atoms with Crippen molar-refractivity contribution < 1.29 is 4.79 Å². The molecule has 0 fully saturated rings. The van der Waals surface area contributed by atoms with Crippen molar-refractivity contribution in [1.29, 1.82) is 0 Å². The second-order valence-electron chi connectivity index (χ2n) is 4.70. The molecule has 2 nitrogen and oxygen atoms in total. The Balaban J connectivity index is 2.67. The molecule has 1 N–H and O–H groups in total. The minimum Gasteiger partial charge on any atom is -0.326 e. The molecule has 1 rings (SSSR count). The average molecular weight is 312 g/mol. The second-order valence-corrected chi connectivity index (χ2v) is 5.61. The fourth-order valence-corrected chi connectivity index (χ4v) is 2.45. The summed E-state index contributed by atoms with van der Waals surface area (Å²) in [5.74, 6) is 0.282. The van der Waals surface area contributed by atoms with Crippen molar-refractivity contribution in [3.05, 3.63) is 28.2 Å². The van der Waals surface area contributed by atoms with Crippen LogP contribution in [0, 0.1) is 12.8 Å². The summed E-state index contributed by atoms with van der Waals surface area (Å²) >= 11 is 3.43. The Bertz CT molecular complexity index is 403. The van der Waals surface area contributed by atoms with Gasteiger partial charge in [0, 0.05) is 16.1 Å². The molecule has 1 atom stereocenters. The summed E-state index contributed by atoms with van der Waals surface area (Å²) in [5, 5.41) is 3.04. The van der Waals surface area contributed by atoms with E-state index in [9.17, 15) is 4.79 Å². The third kappa shape index (κ3) is 4.45. The van der Waals surface area contributed by atoms with Crippen LogP contribution in [0.3, 0.4) is 0 Å². The van der Waals surface area contributed by atoms with E-state index in [1.165, 1.54) is 0 Å². The quantitative estimate of drug-likeness (QED) is 0.794. The van der Waals surface area contributed by atoms with E-state index in [0.29, 0.717) is 0 Å². The number of hydrogen-bond acceptors (Lipinski definition) is 1. The number of aryl methyl sites for hydroxylation is 1. The fourth-order valence-electron chi connectivity index (χ4n) is 1.97. The highest BCUT2D eigenvalue weighted by atomic mass is 79.9. The lowest BCUT2D eigenvalue weighted by molar-refractivity contribution is -0.120. The van der Waals surface area contributed by atoms with Gasteiger partial charge in [0.2, 0.25) is 5.91 Å². The van der Waals surface area contributed by atoms with Gasteiger partial charge in [0.1, 0.15) is 0 Å². The van der Waals surface area contributed by atoms with E-state index in [2.05, 4.69) is 35.1 Å². The molecule has 0 aromatic heterocycles. The summed E-state index contributed by atoms with van der Waals surface area (Å²) in [6, 6.07) is 5.92. The first-order valence-electron chi connectivity index (χ1n) is 6.65. The van der Waals surface area contributed by atoms with Crippen LogP contribution in [0.25, 0.3) is 0 Å². The van der Waals surface area contributed by atoms with Crippen LogP contribution in [0.5, 0.6) is 0 Å². The molecule has 18 heavy (non-hydrogen) atoms. The van der Waals surface area contributed by atoms with Gasteiger partial charge in [-0.15, -0.1) is 0 Å². The van der Waals surface area contributed by atoms with Crippen molar-refractivity contribution in [1.82, 2.24) is 0 Å². The van der Waals surface area contributed by atoms with Gasteiger partial charge in [0.05, 0.1) is 0 Å². The molecule has 0 aliphatic carbocycles. The highest BCUT2D eigenvalue weighted by Crippen LogP contribution is 2.22. The van der Waals surface area contributed by atoms with E-state index >= 15 is 0 Å². The van der Waals surface area contributed by atoms with Gasteiger partial charge < -0.3 is 5.32 Å². The Morgan fingerprint density at radius 2 is 2.11 bits per heavy atom. The molecule has 0 spiro atoms. The van der Waals surface area contributed by atoms with Crippen LogP contribution in [-0.4, -0.2) is 5.91 Å². The van der Waals surface area contributed by atoms with Crippen molar-refractivity contribution in [2.24, 2.45) is 5.92 Å². The van der Waals surface area contributed by atoms with E-state index in [1.54, 1.807) is 0 Å². The maximum absolute atomic E-state index is 12.2. The van der Waals surface area contributed by atoms with Crippen molar-refractivity contribution in [3.63, 3.8) is 0 Å². The topological polar surface area (TPSA) is 29.1 Å². The molecule has 3 heteroatoms. The molecule has 0 aliphatic rings. The lowest BCUT2D eigenvalue weighted by atomic mass is 9.98. The predicted molar refractivity (Wildman–Crippen MR) is 80.8 cm³/mol. The van der Waals surface area contributed by atoms with Gasteiger partial charge in [-0.1, -0.05) is 42.6 Å². The molecule has 0 bridgehead atoms. The normalized spacial score (nSPS) is 12.2. The van der Waals surface area contributed by atoms with Gasteiger partial charge in [-0.05, 0) is 43.5 Å². The lowest BCUT2D eigenvalue weighted by Gasteiger charge is -2.16. The van der Waals surface area contributed by atoms with E-state index in [0.717, 1.165) is 41.4 Å². The van der Waals surface area contributed by atoms with Gasteiger partial charge in [0.25, 0.3) is 0 Å². The van der Waals surface area contributed by atoms with Crippen LogP contribution >= 0.6 is 15.9 Å². The van der Waals surface area contributed by atoms with Crippen LogP contribution in [-0.2, 0) is 4.79 Å². The first kappa shape index (κ1) is 15.2. The highest BCUT2D eigenvalue weighted by molar-refractivity contribution is 9.10. The number of benzene rings is 1. The van der Waals surface area contributed by atoms with Gasteiger partial charge in [-0.25, -0.2) is 0 Å². The van der Waals surface area contributed by atoms with E-state index < -0.39 is 0 Å². The molecule has 1 unspecified atom stereocenters. The largest absolute Gasteiger partial charge is 0.326 e. The fraction of sp³-hybridized carbons (Fsp3) is 0.533. The molecule has 0 saturated carbocycles. The van der Waals surface area contributed by atoms with Gasteiger partial charge in [0.15, 0.2) is 0 Å². The molecule has 0 radical (unpaired) electrons. The van der Waals surface area contributed by atoms with Crippen LogP contribution in [0.2, 0.25) is 0 Å². The summed E-state index contributed by atoms with van der Waals surface area (Å²) in [4.78, 5) is 12.2. The Morgan fingerprint density at radius 1 is 1.39 bits per heavy atom. The zero-order valence-corrected chi connectivity index (χ0v) is 13.0. The molecule has 100 valence electrons. The van der Waals surface area contributed by atoms with Gasteiger partial charge >= 0.3 is 0 Å². The summed E-state index contributed by atoms with van der Waals surface area (Å²) in [7, 11) is 0. The zero-order chi connectivity index (χ0) is 13.5. The summed E-state index contributed by atoms with van der Waals surface area (Å²) in [6.45, 7) is 6.24. The minimum absolute atomic E-state index is 0.132. The standard InChI is InChI=1S/C15H22BrNO/c1-4-6-7-12(5-2)15(18)17-14-9-8-13(16)10-11(14)3/h8-10,12H,4-7H2,1-3H3,(H,17,18). The van der Waals surface area contributed by atoms with Gasteiger partial charge in [-0.3, -0.25) is 4.79 Å². The van der Waals surface area contributed by atoms with Crippen LogP contribution < -0.4 is 5.32 Å². The number of hydrogen-bond donors (Lipinski definition) is 1. The Morgan fingerprint density at radius 3 is 2.67 bits per heavy atom. The van der Waals surface area contributed by atoms with E-state index in [-0.39, 0.29) is 11.8 Å². The van der Waals surface area contributed by atoms with E-state index in [4.69, 9.17) is 0 Å². The smallest absolute Gasteiger partial charge is 0.227 e. The second kappa shape index (κ2) is 7.57. The predicted octanol–water partition coefficient (Wildman–Crippen LogP) is 4.91. The maximum atomic E-state index is 12.2. The number of nitrogens with one attached hydrogen (secondary N) is 1. The summed E-state index contributed by atoms with van der Waals surface area (Å²) in [6.07, 6.45) is 4.14. The summed E-state index contributed by atoms with van der Waals surface area (Å²) in [5.41, 5.74) is 2.00. The molecular weight excluding hydrogens is 290 g/mol. The SMILES string of the molecule is CCCCC(CC)C(=O)Nc1ccc(Br)cc1C. The third-order valence-electron chi connectivity index (χ3n) is 3.22. The Hall–Kier alpha value is -0.830.